The van der Waals surface area contributed by atoms with Crippen molar-refractivity contribution in [1.29, 1.82) is 0 Å². The molecule has 3 heteroatoms. The largest absolute Gasteiger partial charge is 0.300 e. The van der Waals surface area contributed by atoms with Crippen LogP contribution in [0.1, 0.15) is 38.3 Å². The van der Waals surface area contributed by atoms with E-state index in [0.29, 0.717) is 12.0 Å². The molecule has 0 amide bonds. The summed E-state index contributed by atoms with van der Waals surface area (Å²) in [4.78, 5) is 7.08. The van der Waals surface area contributed by atoms with Crippen LogP contribution in [0, 0.1) is 0 Å². The first-order valence-electron chi connectivity index (χ1n) is 6.02. The molecule has 0 spiro atoms. The lowest BCUT2D eigenvalue weighted by atomic mass is 9.93. The van der Waals surface area contributed by atoms with Gasteiger partial charge in [-0.15, -0.1) is 0 Å². The van der Waals surface area contributed by atoms with Gasteiger partial charge in [-0.25, -0.2) is 0 Å². The quantitative estimate of drug-likeness (QED) is 0.826. The molecule has 0 aliphatic carbocycles. The molecule has 0 aromatic carbocycles. The molecule has 16 heavy (non-hydrogen) atoms. The van der Waals surface area contributed by atoms with Gasteiger partial charge < -0.3 is 4.90 Å². The van der Waals surface area contributed by atoms with E-state index < -0.39 is 0 Å². The summed E-state index contributed by atoms with van der Waals surface area (Å²) in [5.41, 5.74) is 1.24. The normalized spacial score (nSPS) is 22.6. The van der Waals surface area contributed by atoms with Gasteiger partial charge in [0, 0.05) is 34.9 Å². The average Bonchev–Trinajstić information content (AvgIpc) is 2.30. The lowest BCUT2D eigenvalue weighted by Crippen LogP contribution is -2.39. The van der Waals surface area contributed by atoms with Crippen molar-refractivity contribution in [3.63, 3.8) is 0 Å². The number of hydrogen-bond acceptors (Lipinski definition) is 2. The zero-order chi connectivity index (χ0) is 11.5. The fourth-order valence-corrected chi connectivity index (χ4v) is 2.58. The second kappa shape index (κ2) is 5.28. The second-order valence-electron chi connectivity index (χ2n) is 4.83. The van der Waals surface area contributed by atoms with Gasteiger partial charge in [0.05, 0.1) is 0 Å². The first-order chi connectivity index (χ1) is 7.66. The van der Waals surface area contributed by atoms with Gasteiger partial charge in [-0.05, 0) is 61.3 Å². The van der Waals surface area contributed by atoms with Crippen molar-refractivity contribution in [3.05, 3.63) is 28.5 Å². The van der Waals surface area contributed by atoms with Crippen LogP contribution in [-0.2, 0) is 0 Å². The minimum absolute atomic E-state index is 0.615. The molecule has 2 nitrogen and oxygen atoms in total. The van der Waals surface area contributed by atoms with E-state index in [1.165, 1.54) is 25.1 Å². The van der Waals surface area contributed by atoms with E-state index in [-0.39, 0.29) is 0 Å². The molecule has 1 aliphatic heterocycles. The molecule has 1 aliphatic rings. The Morgan fingerprint density at radius 3 is 2.88 bits per heavy atom. The molecule has 1 aromatic rings. The Bertz CT molecular complexity index is 334. The summed E-state index contributed by atoms with van der Waals surface area (Å²) >= 11 is 3.43. The Hall–Kier alpha value is -0.410. The number of piperidine rings is 1. The van der Waals surface area contributed by atoms with E-state index >= 15 is 0 Å². The van der Waals surface area contributed by atoms with Crippen molar-refractivity contribution in [2.45, 2.75) is 38.6 Å². The van der Waals surface area contributed by atoms with E-state index in [4.69, 9.17) is 0 Å². The van der Waals surface area contributed by atoms with Crippen LogP contribution in [0.3, 0.4) is 0 Å². The summed E-state index contributed by atoms with van der Waals surface area (Å²) in [6.07, 6.45) is 4.47. The van der Waals surface area contributed by atoms with Crippen LogP contribution in [-0.4, -0.2) is 29.0 Å². The summed E-state index contributed by atoms with van der Waals surface area (Å²) in [5.74, 6) is 0.615. The molecule has 88 valence electrons. The van der Waals surface area contributed by atoms with Crippen molar-refractivity contribution in [3.8, 4) is 0 Å². The van der Waals surface area contributed by atoms with Crippen LogP contribution < -0.4 is 0 Å². The van der Waals surface area contributed by atoms with Gasteiger partial charge >= 0.3 is 0 Å². The monoisotopic (exact) mass is 282 g/mol. The summed E-state index contributed by atoms with van der Waals surface area (Å²) in [6.45, 7) is 6.95. The number of pyridine rings is 1. The molecule has 0 radical (unpaired) electrons. The third kappa shape index (κ3) is 2.83. The van der Waals surface area contributed by atoms with Crippen molar-refractivity contribution < 1.29 is 0 Å². The van der Waals surface area contributed by atoms with Crippen LogP contribution >= 0.6 is 15.9 Å². The topological polar surface area (TPSA) is 16.1 Å². The maximum absolute atomic E-state index is 4.52. The zero-order valence-electron chi connectivity index (χ0n) is 9.99. The van der Waals surface area contributed by atoms with Crippen LogP contribution in [0.5, 0.6) is 0 Å². The summed E-state index contributed by atoms with van der Waals surface area (Å²) in [7, 11) is 0. The smallest absolute Gasteiger partial charge is 0.0448 e. The van der Waals surface area contributed by atoms with Crippen LogP contribution in [0.15, 0.2) is 22.8 Å². The Morgan fingerprint density at radius 2 is 2.25 bits per heavy atom. The Morgan fingerprint density at radius 1 is 1.44 bits per heavy atom. The minimum atomic E-state index is 0.615. The average molecular weight is 283 g/mol. The van der Waals surface area contributed by atoms with Crippen molar-refractivity contribution in [2.24, 2.45) is 0 Å². The molecule has 1 atom stereocenters. The van der Waals surface area contributed by atoms with Crippen molar-refractivity contribution in [1.82, 2.24) is 9.88 Å². The standard InChI is InChI=1S/C13H19BrN2/c1-10(2)16-7-3-4-11(9-16)13-6-5-12(14)8-15-13/h5-6,8,10-11H,3-4,7,9H2,1-2H3/t11-/m1/s1. The third-order valence-electron chi connectivity index (χ3n) is 3.35. The predicted molar refractivity (Wildman–Crippen MR) is 70.6 cm³/mol. The highest BCUT2D eigenvalue weighted by molar-refractivity contribution is 9.10. The van der Waals surface area contributed by atoms with E-state index in [2.05, 4.69) is 51.8 Å². The molecular weight excluding hydrogens is 264 g/mol. The molecule has 1 aromatic heterocycles. The maximum atomic E-state index is 4.52. The van der Waals surface area contributed by atoms with Gasteiger partial charge in [-0.2, -0.15) is 0 Å². The SMILES string of the molecule is CC(C)N1CCC[C@@H](c2ccc(Br)cn2)C1. The molecule has 0 N–H and O–H groups in total. The first-order valence-corrected chi connectivity index (χ1v) is 6.81. The Kier molecular flexibility index (Phi) is 3.98. The number of halogens is 1. The molecule has 0 unspecified atom stereocenters. The third-order valence-corrected chi connectivity index (χ3v) is 3.82. The zero-order valence-corrected chi connectivity index (χ0v) is 11.6. The molecule has 1 fully saturated rings. The van der Waals surface area contributed by atoms with E-state index in [1.807, 2.05) is 6.20 Å². The maximum Gasteiger partial charge on any atom is 0.0448 e. The number of likely N-dealkylation sites (tertiary alicyclic amines) is 1. The Balaban J connectivity index is 2.06. The summed E-state index contributed by atoms with van der Waals surface area (Å²) in [5, 5.41) is 0. The molecular formula is C13H19BrN2. The molecule has 0 bridgehead atoms. The first kappa shape index (κ1) is 12.1. The van der Waals surface area contributed by atoms with Gasteiger partial charge in [0.2, 0.25) is 0 Å². The van der Waals surface area contributed by atoms with Crippen LogP contribution in [0.25, 0.3) is 0 Å². The number of nitrogens with zero attached hydrogens (tertiary/aromatic N) is 2. The summed E-state index contributed by atoms with van der Waals surface area (Å²) in [6, 6.07) is 4.90. The lowest BCUT2D eigenvalue weighted by molar-refractivity contribution is 0.166. The van der Waals surface area contributed by atoms with Gasteiger partial charge in [-0.3, -0.25) is 4.98 Å². The lowest BCUT2D eigenvalue weighted by Gasteiger charge is -2.35. The van der Waals surface area contributed by atoms with E-state index in [1.54, 1.807) is 0 Å². The second-order valence-corrected chi connectivity index (χ2v) is 5.74. The number of hydrogen-bond donors (Lipinski definition) is 0. The highest BCUT2D eigenvalue weighted by Gasteiger charge is 2.23. The molecule has 1 saturated heterocycles. The van der Waals surface area contributed by atoms with Gasteiger partial charge in [0.1, 0.15) is 0 Å². The van der Waals surface area contributed by atoms with Gasteiger partial charge in [0.25, 0.3) is 0 Å². The van der Waals surface area contributed by atoms with Crippen LogP contribution in [0.2, 0.25) is 0 Å². The van der Waals surface area contributed by atoms with E-state index in [9.17, 15) is 0 Å². The summed E-state index contributed by atoms with van der Waals surface area (Å²) < 4.78 is 1.06. The fourth-order valence-electron chi connectivity index (χ4n) is 2.35. The minimum Gasteiger partial charge on any atom is -0.300 e. The van der Waals surface area contributed by atoms with Crippen molar-refractivity contribution >= 4 is 15.9 Å². The molecule has 0 saturated carbocycles. The molecule has 2 rings (SSSR count). The molecule has 2 heterocycles. The Labute approximate surface area is 106 Å². The van der Waals surface area contributed by atoms with Crippen molar-refractivity contribution in [2.75, 3.05) is 13.1 Å². The van der Waals surface area contributed by atoms with E-state index in [0.717, 1.165) is 11.0 Å². The van der Waals surface area contributed by atoms with Gasteiger partial charge in [0.15, 0.2) is 0 Å². The fraction of sp³-hybridized carbons (Fsp3) is 0.615. The predicted octanol–water partition coefficient (Wildman–Crippen LogP) is 3.43. The number of aromatic nitrogens is 1. The number of rotatable bonds is 2. The van der Waals surface area contributed by atoms with Gasteiger partial charge in [-0.1, -0.05) is 0 Å². The highest BCUT2D eigenvalue weighted by Crippen LogP contribution is 2.27. The highest BCUT2D eigenvalue weighted by atomic mass is 79.9. The van der Waals surface area contributed by atoms with Crippen LogP contribution in [0.4, 0.5) is 0 Å².